The number of carbonyl (C=O) groups is 1. The maximum atomic E-state index is 13.3. The van der Waals surface area contributed by atoms with E-state index in [1.807, 2.05) is 24.3 Å². The van der Waals surface area contributed by atoms with Gasteiger partial charge in [0.25, 0.3) is 5.91 Å². The largest absolute Gasteiger partial charge is 0.340 e. The second kappa shape index (κ2) is 9.35. The van der Waals surface area contributed by atoms with E-state index in [9.17, 15) is 4.79 Å². The van der Waals surface area contributed by atoms with Gasteiger partial charge in [-0.05, 0) is 77.5 Å². The Hall–Kier alpha value is -3.97. The molecule has 2 aromatic heterocycles. The monoisotopic (exact) mass is 466 g/mol. The third-order valence-corrected chi connectivity index (χ3v) is 6.25. The van der Waals surface area contributed by atoms with Gasteiger partial charge < -0.3 is 16.0 Å². The number of anilines is 3. The number of benzene rings is 2. The molecule has 0 saturated carbocycles. The van der Waals surface area contributed by atoms with E-state index >= 15 is 0 Å². The molecule has 0 radical (unpaired) electrons. The van der Waals surface area contributed by atoms with E-state index < -0.39 is 0 Å². The van der Waals surface area contributed by atoms with Crippen LogP contribution in [-0.2, 0) is 5.41 Å². The third-order valence-electron chi connectivity index (χ3n) is 6.25. The molecule has 0 spiro atoms. The van der Waals surface area contributed by atoms with Gasteiger partial charge in [-0.2, -0.15) is 5.10 Å². The minimum Gasteiger partial charge on any atom is -0.340 e. The molecular formula is C28H30N6O. The van der Waals surface area contributed by atoms with Gasteiger partial charge in [0.05, 0.1) is 17.3 Å². The van der Waals surface area contributed by atoms with Crippen LogP contribution >= 0.6 is 0 Å². The number of hydrogen-bond donors (Lipinski definition) is 4. The van der Waals surface area contributed by atoms with Gasteiger partial charge in [0, 0.05) is 29.5 Å². The Morgan fingerprint density at radius 2 is 1.91 bits per heavy atom. The van der Waals surface area contributed by atoms with E-state index in [2.05, 4.69) is 70.1 Å². The molecule has 5 rings (SSSR count). The molecule has 4 N–H and O–H groups in total. The first kappa shape index (κ1) is 22.8. The van der Waals surface area contributed by atoms with Crippen molar-refractivity contribution < 1.29 is 4.79 Å². The van der Waals surface area contributed by atoms with Crippen LogP contribution in [0.3, 0.4) is 0 Å². The van der Waals surface area contributed by atoms with Gasteiger partial charge in [0.15, 0.2) is 0 Å². The van der Waals surface area contributed by atoms with Crippen LogP contribution in [0.5, 0.6) is 0 Å². The summed E-state index contributed by atoms with van der Waals surface area (Å²) in [6.07, 6.45) is 6.67. The summed E-state index contributed by atoms with van der Waals surface area (Å²) < 4.78 is 0. The normalized spacial score (nSPS) is 14.0. The van der Waals surface area contributed by atoms with Gasteiger partial charge in [0.2, 0.25) is 0 Å². The molecule has 0 aliphatic carbocycles. The molecule has 7 nitrogen and oxygen atoms in total. The van der Waals surface area contributed by atoms with Crippen LogP contribution in [0.15, 0.2) is 67.0 Å². The number of nitrogens with one attached hydrogen (secondary N) is 4. The summed E-state index contributed by atoms with van der Waals surface area (Å²) in [4.78, 5) is 17.8. The highest BCUT2D eigenvalue weighted by molar-refractivity contribution is 6.08. The van der Waals surface area contributed by atoms with Gasteiger partial charge in [0.1, 0.15) is 5.82 Å². The predicted octanol–water partition coefficient (Wildman–Crippen LogP) is 5.63. The molecule has 1 aliphatic rings. The number of fused-ring (bicyclic) bond motifs is 1. The SMILES string of the molecule is CC(C)(C)c1ccc(NC(=O)c2cccnc2Nc2ccc3cn[nH]c3c2)cc1C1=CCNCC1. The zero-order chi connectivity index (χ0) is 24.4. The Balaban J connectivity index is 1.42. The molecule has 4 aromatic rings. The van der Waals surface area contributed by atoms with Crippen LogP contribution in [0.2, 0.25) is 0 Å². The van der Waals surface area contributed by atoms with E-state index in [0.29, 0.717) is 11.4 Å². The van der Waals surface area contributed by atoms with Crippen molar-refractivity contribution in [3.05, 3.63) is 83.7 Å². The minimum atomic E-state index is -0.211. The van der Waals surface area contributed by atoms with Crippen molar-refractivity contribution in [2.24, 2.45) is 0 Å². The summed E-state index contributed by atoms with van der Waals surface area (Å²) in [7, 11) is 0. The summed E-state index contributed by atoms with van der Waals surface area (Å²) in [6, 6.07) is 15.6. The summed E-state index contributed by atoms with van der Waals surface area (Å²) in [5.41, 5.74) is 6.78. The lowest BCUT2D eigenvalue weighted by Crippen LogP contribution is -2.22. The van der Waals surface area contributed by atoms with Gasteiger partial charge in [-0.15, -0.1) is 0 Å². The molecule has 1 aliphatic heterocycles. The molecular weight excluding hydrogens is 436 g/mol. The lowest BCUT2D eigenvalue weighted by molar-refractivity contribution is 0.102. The molecule has 0 bridgehead atoms. The fourth-order valence-electron chi connectivity index (χ4n) is 4.45. The quantitative estimate of drug-likeness (QED) is 0.306. The first-order chi connectivity index (χ1) is 16.9. The van der Waals surface area contributed by atoms with Gasteiger partial charge >= 0.3 is 0 Å². The topological polar surface area (TPSA) is 94.7 Å². The van der Waals surface area contributed by atoms with E-state index in [1.54, 1.807) is 24.5 Å². The zero-order valence-electron chi connectivity index (χ0n) is 20.3. The van der Waals surface area contributed by atoms with Crippen LogP contribution in [0.25, 0.3) is 16.5 Å². The molecule has 178 valence electrons. The lowest BCUT2D eigenvalue weighted by atomic mass is 9.80. The maximum Gasteiger partial charge on any atom is 0.259 e. The van der Waals surface area contributed by atoms with Crippen molar-refractivity contribution in [3.63, 3.8) is 0 Å². The zero-order valence-corrected chi connectivity index (χ0v) is 20.3. The number of nitrogens with zero attached hydrogens (tertiary/aromatic N) is 2. The highest BCUT2D eigenvalue weighted by atomic mass is 16.1. The van der Waals surface area contributed by atoms with Gasteiger partial charge in [-0.3, -0.25) is 9.89 Å². The van der Waals surface area contributed by atoms with Crippen LogP contribution < -0.4 is 16.0 Å². The van der Waals surface area contributed by atoms with Crippen LogP contribution in [0.4, 0.5) is 17.2 Å². The molecule has 7 heteroatoms. The lowest BCUT2D eigenvalue weighted by Gasteiger charge is -2.26. The highest BCUT2D eigenvalue weighted by Crippen LogP contribution is 2.34. The van der Waals surface area contributed by atoms with Crippen molar-refractivity contribution >= 4 is 39.6 Å². The van der Waals surface area contributed by atoms with Crippen LogP contribution in [0, 0.1) is 0 Å². The van der Waals surface area contributed by atoms with Crippen molar-refractivity contribution in [3.8, 4) is 0 Å². The number of aromatic nitrogens is 3. The van der Waals surface area contributed by atoms with Crippen molar-refractivity contribution in [2.45, 2.75) is 32.6 Å². The molecule has 0 fully saturated rings. The Labute approximate surface area is 205 Å². The van der Waals surface area contributed by atoms with Crippen LogP contribution in [0.1, 0.15) is 48.7 Å². The number of carbonyl (C=O) groups excluding carboxylic acids is 1. The standard InChI is InChI=1S/C28H30N6O/c1-28(2,3)24-9-8-20(15-23(24)18-10-13-29-14-11-18)33-27(35)22-5-4-12-30-26(22)32-21-7-6-19-17-31-34-25(19)16-21/h4-10,12,15-17,29H,11,13-14H2,1-3H3,(H,30,32)(H,31,34)(H,33,35). The summed E-state index contributed by atoms with van der Waals surface area (Å²) in [6.45, 7) is 8.49. The third kappa shape index (κ3) is 4.95. The number of aromatic amines is 1. The first-order valence-electron chi connectivity index (χ1n) is 11.9. The molecule has 2 aromatic carbocycles. The maximum absolute atomic E-state index is 13.3. The summed E-state index contributed by atoms with van der Waals surface area (Å²) in [5.74, 6) is 0.286. The Bertz CT molecular complexity index is 1410. The second-order valence-corrected chi connectivity index (χ2v) is 9.84. The molecule has 35 heavy (non-hydrogen) atoms. The van der Waals surface area contributed by atoms with E-state index in [-0.39, 0.29) is 11.3 Å². The van der Waals surface area contributed by atoms with E-state index in [1.165, 1.54) is 16.7 Å². The minimum absolute atomic E-state index is 0.000213. The molecule has 0 atom stereocenters. The molecule has 0 unspecified atom stereocenters. The molecule has 1 amide bonds. The fraction of sp³-hybridized carbons (Fsp3) is 0.250. The first-order valence-corrected chi connectivity index (χ1v) is 11.9. The van der Waals surface area contributed by atoms with Crippen molar-refractivity contribution in [1.82, 2.24) is 20.5 Å². The Morgan fingerprint density at radius 1 is 1.06 bits per heavy atom. The van der Waals surface area contributed by atoms with Crippen LogP contribution in [-0.4, -0.2) is 34.2 Å². The average Bonchev–Trinajstić information content (AvgIpc) is 3.32. The predicted molar refractivity (Wildman–Crippen MR) is 142 cm³/mol. The van der Waals surface area contributed by atoms with E-state index in [4.69, 9.17) is 0 Å². The Kier molecular flexibility index (Phi) is 6.09. The van der Waals surface area contributed by atoms with E-state index in [0.717, 1.165) is 41.8 Å². The molecule has 3 heterocycles. The summed E-state index contributed by atoms with van der Waals surface area (Å²) >= 11 is 0. The second-order valence-electron chi connectivity index (χ2n) is 9.84. The number of pyridine rings is 1. The van der Waals surface area contributed by atoms with Gasteiger partial charge in [-0.1, -0.05) is 32.9 Å². The number of amides is 1. The molecule has 0 saturated heterocycles. The number of hydrogen-bond acceptors (Lipinski definition) is 5. The smallest absolute Gasteiger partial charge is 0.259 e. The van der Waals surface area contributed by atoms with Crippen molar-refractivity contribution in [2.75, 3.05) is 23.7 Å². The number of rotatable bonds is 5. The van der Waals surface area contributed by atoms with Crippen molar-refractivity contribution in [1.29, 1.82) is 0 Å². The Morgan fingerprint density at radius 3 is 2.71 bits per heavy atom. The number of H-pyrrole nitrogens is 1. The average molecular weight is 467 g/mol. The summed E-state index contributed by atoms with van der Waals surface area (Å²) in [5, 5.41) is 17.8. The van der Waals surface area contributed by atoms with Gasteiger partial charge in [-0.25, -0.2) is 4.98 Å². The fourth-order valence-corrected chi connectivity index (χ4v) is 4.45. The highest BCUT2D eigenvalue weighted by Gasteiger charge is 2.22.